The minimum atomic E-state index is -0.303. The van der Waals surface area contributed by atoms with Crippen LogP contribution in [0.1, 0.15) is 26.4 Å². The Morgan fingerprint density at radius 3 is 2.47 bits per heavy atom. The zero-order valence-electron chi connectivity index (χ0n) is 16.8. The molecule has 0 spiro atoms. The van der Waals surface area contributed by atoms with Gasteiger partial charge >= 0.3 is 0 Å². The first-order valence-corrected chi connectivity index (χ1v) is 11.7. The second kappa shape index (κ2) is 11.4. The standard InChI is InChI=1S/C24H24N2O2S2/c1-18-9-11-19(12-10-18)17-29-15-13-25-24(28)22(16-21-8-5-14-30-21)26-23(27)20-6-3-2-4-7-20/h2-12,14,16H,13,15,17H2,1H3,(H,25,28)(H,26,27)/b22-16-. The van der Waals surface area contributed by atoms with Gasteiger partial charge in [0.1, 0.15) is 5.70 Å². The van der Waals surface area contributed by atoms with E-state index in [-0.39, 0.29) is 17.5 Å². The average molecular weight is 437 g/mol. The molecule has 1 aromatic heterocycles. The number of amides is 2. The molecule has 2 aromatic carbocycles. The molecule has 4 nitrogen and oxygen atoms in total. The number of rotatable bonds is 9. The Morgan fingerprint density at radius 2 is 1.77 bits per heavy atom. The van der Waals surface area contributed by atoms with E-state index in [1.165, 1.54) is 22.5 Å². The molecule has 0 fully saturated rings. The third kappa shape index (κ3) is 6.90. The molecule has 0 saturated carbocycles. The van der Waals surface area contributed by atoms with Gasteiger partial charge in [0.2, 0.25) is 0 Å². The number of aryl methyl sites for hydroxylation is 1. The van der Waals surface area contributed by atoms with Gasteiger partial charge in [-0.3, -0.25) is 9.59 Å². The van der Waals surface area contributed by atoms with E-state index in [1.54, 1.807) is 42.1 Å². The van der Waals surface area contributed by atoms with Gasteiger partial charge in [-0.25, -0.2) is 0 Å². The Hall–Kier alpha value is -2.83. The largest absolute Gasteiger partial charge is 0.350 e. The fourth-order valence-corrected chi connectivity index (χ4v) is 4.14. The number of carbonyl (C=O) groups is 2. The lowest BCUT2D eigenvalue weighted by atomic mass is 10.2. The second-order valence-corrected chi connectivity index (χ2v) is 8.77. The third-order valence-electron chi connectivity index (χ3n) is 4.28. The molecule has 3 rings (SSSR count). The van der Waals surface area contributed by atoms with Crippen molar-refractivity contribution in [2.45, 2.75) is 12.7 Å². The smallest absolute Gasteiger partial charge is 0.267 e. The van der Waals surface area contributed by atoms with Gasteiger partial charge in [-0.1, -0.05) is 54.1 Å². The molecule has 0 aliphatic rings. The minimum Gasteiger partial charge on any atom is -0.350 e. The van der Waals surface area contributed by atoms with E-state index in [9.17, 15) is 9.59 Å². The number of carbonyl (C=O) groups excluding carboxylic acids is 2. The summed E-state index contributed by atoms with van der Waals surface area (Å²) in [5.41, 5.74) is 3.27. The fraction of sp³-hybridized carbons (Fsp3) is 0.167. The summed E-state index contributed by atoms with van der Waals surface area (Å²) in [6, 6.07) is 21.2. The van der Waals surface area contributed by atoms with Gasteiger partial charge in [0, 0.05) is 28.5 Å². The van der Waals surface area contributed by atoms with E-state index in [4.69, 9.17) is 0 Å². The van der Waals surface area contributed by atoms with Crippen molar-refractivity contribution in [3.8, 4) is 0 Å². The molecule has 2 amide bonds. The molecular weight excluding hydrogens is 412 g/mol. The van der Waals surface area contributed by atoms with E-state index in [0.717, 1.165) is 16.4 Å². The van der Waals surface area contributed by atoms with Crippen LogP contribution in [0.2, 0.25) is 0 Å². The maximum absolute atomic E-state index is 12.7. The summed E-state index contributed by atoms with van der Waals surface area (Å²) < 4.78 is 0. The van der Waals surface area contributed by atoms with Crippen LogP contribution in [0, 0.1) is 6.92 Å². The fourth-order valence-electron chi connectivity index (χ4n) is 2.66. The number of benzene rings is 2. The Balaban J connectivity index is 1.54. The summed E-state index contributed by atoms with van der Waals surface area (Å²) in [4.78, 5) is 26.1. The van der Waals surface area contributed by atoms with E-state index in [1.807, 2.05) is 23.6 Å². The lowest BCUT2D eigenvalue weighted by molar-refractivity contribution is -0.117. The highest BCUT2D eigenvalue weighted by Crippen LogP contribution is 2.14. The van der Waals surface area contributed by atoms with Gasteiger partial charge in [-0.05, 0) is 42.1 Å². The predicted molar refractivity (Wildman–Crippen MR) is 127 cm³/mol. The lowest BCUT2D eigenvalue weighted by Gasteiger charge is -2.11. The summed E-state index contributed by atoms with van der Waals surface area (Å²) in [7, 11) is 0. The van der Waals surface area contributed by atoms with Gasteiger partial charge < -0.3 is 10.6 Å². The molecule has 0 unspecified atom stereocenters. The van der Waals surface area contributed by atoms with Crippen LogP contribution in [0.3, 0.4) is 0 Å². The normalized spacial score (nSPS) is 11.2. The third-order valence-corrected chi connectivity index (χ3v) is 6.13. The molecular formula is C24H24N2O2S2. The second-order valence-electron chi connectivity index (χ2n) is 6.69. The quantitative estimate of drug-likeness (QED) is 0.371. The lowest BCUT2D eigenvalue weighted by Crippen LogP contribution is -2.35. The van der Waals surface area contributed by atoms with E-state index < -0.39 is 0 Å². The molecule has 0 aliphatic carbocycles. The van der Waals surface area contributed by atoms with Crippen LogP contribution in [0.5, 0.6) is 0 Å². The van der Waals surface area contributed by atoms with Crippen molar-refractivity contribution >= 4 is 41.0 Å². The molecule has 2 N–H and O–H groups in total. The first-order valence-electron chi connectivity index (χ1n) is 9.65. The Kier molecular flexibility index (Phi) is 8.30. The van der Waals surface area contributed by atoms with Gasteiger partial charge in [0.05, 0.1) is 0 Å². The van der Waals surface area contributed by atoms with Crippen LogP contribution < -0.4 is 10.6 Å². The van der Waals surface area contributed by atoms with Gasteiger partial charge in [0.25, 0.3) is 11.8 Å². The van der Waals surface area contributed by atoms with E-state index in [0.29, 0.717) is 12.1 Å². The number of thioether (sulfide) groups is 1. The van der Waals surface area contributed by atoms with Crippen LogP contribution in [0.4, 0.5) is 0 Å². The number of thiophene rings is 1. The maximum atomic E-state index is 12.7. The molecule has 0 radical (unpaired) electrons. The van der Waals surface area contributed by atoms with Crippen molar-refractivity contribution in [2.24, 2.45) is 0 Å². The van der Waals surface area contributed by atoms with Crippen molar-refractivity contribution in [1.29, 1.82) is 0 Å². The zero-order valence-corrected chi connectivity index (χ0v) is 18.4. The van der Waals surface area contributed by atoms with Crippen LogP contribution in [-0.2, 0) is 10.5 Å². The first-order chi connectivity index (χ1) is 14.6. The first kappa shape index (κ1) is 21.9. The zero-order chi connectivity index (χ0) is 21.2. The SMILES string of the molecule is Cc1ccc(CSCCNC(=O)/C(=C/c2cccs2)NC(=O)c2ccccc2)cc1. The maximum Gasteiger partial charge on any atom is 0.267 e. The molecule has 30 heavy (non-hydrogen) atoms. The summed E-state index contributed by atoms with van der Waals surface area (Å²) in [6.45, 7) is 2.60. The minimum absolute atomic E-state index is 0.245. The van der Waals surface area contributed by atoms with Crippen LogP contribution in [0.15, 0.2) is 77.8 Å². The van der Waals surface area contributed by atoms with Crippen molar-refractivity contribution in [2.75, 3.05) is 12.3 Å². The number of nitrogens with one attached hydrogen (secondary N) is 2. The molecule has 6 heteroatoms. The highest BCUT2D eigenvalue weighted by molar-refractivity contribution is 7.98. The topological polar surface area (TPSA) is 58.2 Å². The molecule has 154 valence electrons. The van der Waals surface area contributed by atoms with Gasteiger partial charge in [-0.2, -0.15) is 11.8 Å². The molecule has 0 aliphatic heterocycles. The van der Waals surface area contributed by atoms with Crippen LogP contribution >= 0.6 is 23.1 Å². The Morgan fingerprint density at radius 1 is 1.00 bits per heavy atom. The number of hydrogen-bond donors (Lipinski definition) is 2. The molecule has 0 saturated heterocycles. The number of hydrogen-bond acceptors (Lipinski definition) is 4. The molecule has 0 bridgehead atoms. The Bertz CT molecular complexity index is 982. The van der Waals surface area contributed by atoms with Crippen molar-refractivity contribution in [1.82, 2.24) is 10.6 Å². The van der Waals surface area contributed by atoms with Crippen LogP contribution in [-0.4, -0.2) is 24.1 Å². The highest BCUT2D eigenvalue weighted by atomic mass is 32.2. The van der Waals surface area contributed by atoms with Gasteiger partial charge in [-0.15, -0.1) is 11.3 Å². The van der Waals surface area contributed by atoms with E-state index >= 15 is 0 Å². The molecule has 1 heterocycles. The summed E-state index contributed by atoms with van der Waals surface area (Å²) in [5, 5.41) is 7.60. The van der Waals surface area contributed by atoms with Gasteiger partial charge in [0.15, 0.2) is 0 Å². The Labute approximate surface area is 185 Å². The predicted octanol–water partition coefficient (Wildman–Crippen LogP) is 4.88. The average Bonchev–Trinajstić information content (AvgIpc) is 3.28. The summed E-state index contributed by atoms with van der Waals surface area (Å²) in [5.74, 6) is 1.10. The van der Waals surface area contributed by atoms with Crippen molar-refractivity contribution < 1.29 is 9.59 Å². The van der Waals surface area contributed by atoms with Crippen molar-refractivity contribution in [3.63, 3.8) is 0 Å². The monoisotopic (exact) mass is 436 g/mol. The molecule has 3 aromatic rings. The van der Waals surface area contributed by atoms with Crippen LogP contribution in [0.25, 0.3) is 6.08 Å². The summed E-state index contributed by atoms with van der Waals surface area (Å²) >= 11 is 3.27. The molecule has 0 atom stereocenters. The highest BCUT2D eigenvalue weighted by Gasteiger charge is 2.14. The summed E-state index contributed by atoms with van der Waals surface area (Å²) in [6.07, 6.45) is 1.71. The van der Waals surface area contributed by atoms with Crippen molar-refractivity contribution in [3.05, 3.63) is 99.4 Å². The van der Waals surface area contributed by atoms with E-state index in [2.05, 4.69) is 41.8 Å².